The summed E-state index contributed by atoms with van der Waals surface area (Å²) in [6.45, 7) is 4.06. The zero-order chi connectivity index (χ0) is 17.4. The Labute approximate surface area is 142 Å². The summed E-state index contributed by atoms with van der Waals surface area (Å²) in [5.41, 5.74) is 0.112. The van der Waals surface area contributed by atoms with Gasteiger partial charge in [-0.15, -0.1) is 0 Å². The molecule has 5 heteroatoms. The molecule has 0 bridgehead atoms. The van der Waals surface area contributed by atoms with E-state index in [0.717, 1.165) is 12.8 Å². The normalized spacial score (nSPS) is 11.1. The molecule has 24 heavy (non-hydrogen) atoms. The molecule has 0 spiro atoms. The van der Waals surface area contributed by atoms with Gasteiger partial charge >= 0.3 is 0 Å². The van der Waals surface area contributed by atoms with Crippen molar-refractivity contribution in [3.8, 4) is 0 Å². The number of carbonyl (C=O) groups is 2. The zero-order valence-electron chi connectivity index (χ0n) is 14.2. The summed E-state index contributed by atoms with van der Waals surface area (Å²) < 4.78 is 5.16. The second-order valence-electron chi connectivity index (χ2n) is 6.23. The van der Waals surface area contributed by atoms with Crippen molar-refractivity contribution in [1.29, 1.82) is 0 Å². The van der Waals surface area contributed by atoms with Gasteiger partial charge in [-0.2, -0.15) is 0 Å². The van der Waals surface area contributed by atoms with Crippen molar-refractivity contribution in [1.82, 2.24) is 10.6 Å². The lowest BCUT2D eigenvalue weighted by Crippen LogP contribution is -2.47. The maximum Gasteiger partial charge on any atom is 0.235 e. The number of furan rings is 1. The van der Waals surface area contributed by atoms with E-state index in [0.29, 0.717) is 12.3 Å². The van der Waals surface area contributed by atoms with Crippen molar-refractivity contribution in [2.45, 2.75) is 33.2 Å². The molecule has 1 aromatic carbocycles. The molecule has 0 saturated carbocycles. The molecular weight excluding hydrogens is 304 g/mol. The van der Waals surface area contributed by atoms with E-state index in [1.54, 1.807) is 32.2 Å². The van der Waals surface area contributed by atoms with Crippen LogP contribution in [0.25, 0.3) is 0 Å². The van der Waals surface area contributed by atoms with Crippen LogP contribution in [0.2, 0.25) is 0 Å². The fraction of sp³-hybridized carbons (Fsp3) is 0.368. The average molecular weight is 328 g/mol. The van der Waals surface area contributed by atoms with Gasteiger partial charge in [0.2, 0.25) is 11.8 Å². The molecule has 0 radical (unpaired) electrons. The number of benzene rings is 1. The van der Waals surface area contributed by atoms with Crippen molar-refractivity contribution in [2.24, 2.45) is 5.41 Å². The summed E-state index contributed by atoms with van der Waals surface area (Å²) in [6, 6.07) is 13.6. The van der Waals surface area contributed by atoms with E-state index in [4.69, 9.17) is 4.42 Å². The maximum absolute atomic E-state index is 12.3. The fourth-order valence-corrected chi connectivity index (χ4v) is 2.26. The van der Waals surface area contributed by atoms with Gasteiger partial charge in [-0.05, 0) is 44.4 Å². The van der Waals surface area contributed by atoms with Crippen molar-refractivity contribution in [3.63, 3.8) is 0 Å². The summed E-state index contributed by atoms with van der Waals surface area (Å²) in [5.74, 6) is 0.0642. The van der Waals surface area contributed by atoms with Gasteiger partial charge in [0, 0.05) is 6.54 Å². The molecule has 0 aliphatic heterocycles. The number of hydrogen-bond acceptors (Lipinski definition) is 3. The zero-order valence-corrected chi connectivity index (χ0v) is 14.2. The Morgan fingerprint density at radius 2 is 1.71 bits per heavy atom. The molecule has 128 valence electrons. The minimum Gasteiger partial charge on any atom is -0.467 e. The topological polar surface area (TPSA) is 71.3 Å². The quantitative estimate of drug-likeness (QED) is 0.578. The second-order valence-corrected chi connectivity index (χ2v) is 6.23. The summed E-state index contributed by atoms with van der Waals surface area (Å²) in [4.78, 5) is 24.5. The lowest BCUT2D eigenvalue weighted by molar-refractivity contribution is -0.141. The van der Waals surface area contributed by atoms with E-state index in [1.807, 2.05) is 18.2 Å². The van der Waals surface area contributed by atoms with Gasteiger partial charge in [-0.3, -0.25) is 9.59 Å². The summed E-state index contributed by atoms with van der Waals surface area (Å²) in [6.07, 6.45) is 3.28. The molecule has 0 aliphatic rings. The molecule has 0 fully saturated rings. The Bertz CT molecular complexity index is 649. The van der Waals surface area contributed by atoms with Crippen LogP contribution in [0.5, 0.6) is 0 Å². The van der Waals surface area contributed by atoms with E-state index < -0.39 is 5.41 Å². The van der Waals surface area contributed by atoms with E-state index in [-0.39, 0.29) is 18.4 Å². The van der Waals surface area contributed by atoms with Crippen LogP contribution < -0.4 is 10.6 Å². The van der Waals surface area contributed by atoms with Crippen LogP contribution in [0, 0.1) is 5.41 Å². The van der Waals surface area contributed by atoms with Gasteiger partial charge in [0.25, 0.3) is 0 Å². The van der Waals surface area contributed by atoms with Crippen LogP contribution in [0.4, 0.5) is 0 Å². The van der Waals surface area contributed by atoms with Crippen LogP contribution in [-0.2, 0) is 22.6 Å². The highest BCUT2D eigenvalue weighted by Gasteiger charge is 2.35. The molecule has 2 aromatic rings. The van der Waals surface area contributed by atoms with Crippen molar-refractivity contribution in [3.05, 3.63) is 60.1 Å². The molecule has 2 amide bonds. The average Bonchev–Trinajstić information content (AvgIpc) is 3.10. The van der Waals surface area contributed by atoms with E-state index in [9.17, 15) is 9.59 Å². The van der Waals surface area contributed by atoms with Crippen molar-refractivity contribution in [2.75, 3.05) is 6.54 Å². The molecular formula is C19H24N2O3. The van der Waals surface area contributed by atoms with Crippen LogP contribution in [0.3, 0.4) is 0 Å². The number of hydrogen-bond donors (Lipinski definition) is 2. The predicted octanol–water partition coefficient (Wildman–Crippen LogP) is 2.67. The smallest absolute Gasteiger partial charge is 0.235 e. The Balaban J connectivity index is 1.73. The van der Waals surface area contributed by atoms with Gasteiger partial charge in [0.1, 0.15) is 11.2 Å². The first-order chi connectivity index (χ1) is 11.5. The number of rotatable bonds is 8. The number of carbonyl (C=O) groups excluding carboxylic acids is 2. The molecule has 0 unspecified atom stereocenters. The Kier molecular flexibility index (Phi) is 6.18. The highest BCUT2D eigenvalue weighted by atomic mass is 16.3. The lowest BCUT2D eigenvalue weighted by Gasteiger charge is -2.22. The number of amides is 2. The monoisotopic (exact) mass is 328 g/mol. The molecule has 2 rings (SSSR count). The highest BCUT2D eigenvalue weighted by Crippen LogP contribution is 2.16. The number of nitrogens with one attached hydrogen (secondary N) is 2. The molecule has 0 saturated heterocycles. The highest BCUT2D eigenvalue weighted by molar-refractivity contribution is 6.04. The first kappa shape index (κ1) is 17.8. The van der Waals surface area contributed by atoms with Gasteiger partial charge < -0.3 is 15.1 Å². The van der Waals surface area contributed by atoms with Crippen molar-refractivity contribution >= 4 is 11.8 Å². The van der Waals surface area contributed by atoms with Gasteiger partial charge in [0.15, 0.2) is 0 Å². The second kappa shape index (κ2) is 8.34. The maximum atomic E-state index is 12.3. The third-order valence-corrected chi connectivity index (χ3v) is 3.91. The van der Waals surface area contributed by atoms with Crippen LogP contribution in [0.1, 0.15) is 31.6 Å². The largest absolute Gasteiger partial charge is 0.467 e. The third kappa shape index (κ3) is 4.98. The van der Waals surface area contributed by atoms with E-state index in [1.165, 1.54) is 5.56 Å². The standard InChI is InChI=1S/C19H24N2O3/c1-19(2,18(23)21-14-16-11-7-13-24-16)17(22)20-12-6-10-15-8-4-3-5-9-15/h3-5,7-9,11,13H,6,10,12,14H2,1-2H3,(H,20,22)(H,21,23). The van der Waals surface area contributed by atoms with E-state index >= 15 is 0 Å². The minimum atomic E-state index is -1.13. The molecule has 5 nitrogen and oxygen atoms in total. The van der Waals surface area contributed by atoms with Crippen LogP contribution in [0.15, 0.2) is 53.1 Å². The molecule has 0 aliphatic carbocycles. The fourth-order valence-electron chi connectivity index (χ4n) is 2.26. The van der Waals surface area contributed by atoms with E-state index in [2.05, 4.69) is 22.8 Å². The van der Waals surface area contributed by atoms with Crippen molar-refractivity contribution < 1.29 is 14.0 Å². The molecule has 1 heterocycles. The molecule has 0 atom stereocenters. The first-order valence-corrected chi connectivity index (χ1v) is 8.13. The predicted molar refractivity (Wildman–Crippen MR) is 92.1 cm³/mol. The minimum absolute atomic E-state index is 0.271. The Morgan fingerprint density at radius 3 is 2.38 bits per heavy atom. The summed E-state index contributed by atoms with van der Waals surface area (Å²) >= 11 is 0. The SMILES string of the molecule is CC(C)(C(=O)NCCCc1ccccc1)C(=O)NCc1ccco1. The summed E-state index contributed by atoms with van der Waals surface area (Å²) in [7, 11) is 0. The van der Waals surface area contributed by atoms with Crippen LogP contribution >= 0.6 is 0 Å². The first-order valence-electron chi connectivity index (χ1n) is 8.13. The number of aryl methyl sites for hydroxylation is 1. The van der Waals surface area contributed by atoms with Gasteiger partial charge in [-0.1, -0.05) is 30.3 Å². The Morgan fingerprint density at radius 1 is 1.00 bits per heavy atom. The van der Waals surface area contributed by atoms with Gasteiger partial charge in [-0.25, -0.2) is 0 Å². The Hall–Kier alpha value is -2.56. The molecule has 2 N–H and O–H groups in total. The van der Waals surface area contributed by atoms with Gasteiger partial charge in [0.05, 0.1) is 12.8 Å². The third-order valence-electron chi connectivity index (χ3n) is 3.91. The van der Waals surface area contributed by atoms with Crippen LogP contribution in [-0.4, -0.2) is 18.4 Å². The lowest BCUT2D eigenvalue weighted by atomic mass is 9.91. The summed E-state index contributed by atoms with van der Waals surface area (Å²) in [5, 5.41) is 5.57. The molecule has 1 aromatic heterocycles.